The Kier molecular flexibility index (Phi) is 2.55. The van der Waals surface area contributed by atoms with Crippen molar-refractivity contribution < 1.29 is 4.74 Å². The van der Waals surface area contributed by atoms with Crippen molar-refractivity contribution in [2.75, 3.05) is 13.2 Å². The topological polar surface area (TPSA) is 12.5 Å². The zero-order valence-electron chi connectivity index (χ0n) is 7.63. The summed E-state index contributed by atoms with van der Waals surface area (Å²) in [6.07, 6.45) is 0. The number of ether oxygens (including phenoxy) is 1. The Morgan fingerprint density at radius 3 is 2.64 bits per heavy atom. The molecule has 2 heteroatoms. The van der Waals surface area contributed by atoms with Crippen molar-refractivity contribution in [1.29, 1.82) is 0 Å². The van der Waals surface area contributed by atoms with Crippen LogP contribution in [0.15, 0.2) is 12.3 Å². The summed E-state index contributed by atoms with van der Waals surface area (Å²) in [5.74, 6) is 0. The molecule has 0 aliphatic carbocycles. The van der Waals surface area contributed by atoms with Gasteiger partial charge in [0.25, 0.3) is 0 Å². The van der Waals surface area contributed by atoms with Crippen molar-refractivity contribution in [1.82, 2.24) is 4.90 Å². The quantitative estimate of drug-likeness (QED) is 0.570. The van der Waals surface area contributed by atoms with Gasteiger partial charge in [-0.2, -0.15) is 0 Å². The molecule has 0 aromatic heterocycles. The van der Waals surface area contributed by atoms with Crippen molar-refractivity contribution in [2.45, 2.75) is 32.9 Å². The van der Waals surface area contributed by atoms with Crippen molar-refractivity contribution in [3.8, 4) is 0 Å². The monoisotopic (exact) mass is 155 g/mol. The minimum absolute atomic E-state index is 0.483. The van der Waals surface area contributed by atoms with Crippen LogP contribution in [-0.4, -0.2) is 30.2 Å². The highest BCUT2D eigenvalue weighted by Crippen LogP contribution is 2.17. The van der Waals surface area contributed by atoms with E-state index in [0.29, 0.717) is 18.7 Å². The summed E-state index contributed by atoms with van der Waals surface area (Å²) in [6.45, 7) is 12.0. The van der Waals surface area contributed by atoms with Gasteiger partial charge < -0.3 is 9.64 Å². The van der Waals surface area contributed by atoms with Gasteiger partial charge in [-0.05, 0) is 20.8 Å². The fraction of sp³-hybridized carbons (Fsp3) is 0.778. The molecule has 1 atom stereocenters. The molecule has 0 unspecified atom stereocenters. The van der Waals surface area contributed by atoms with Crippen LogP contribution in [0.1, 0.15) is 20.8 Å². The Morgan fingerprint density at radius 1 is 1.64 bits per heavy atom. The summed E-state index contributed by atoms with van der Waals surface area (Å²) in [6, 6.07) is 1.03. The van der Waals surface area contributed by atoms with E-state index in [-0.39, 0.29) is 0 Å². The molecule has 0 aromatic rings. The van der Waals surface area contributed by atoms with Crippen LogP contribution < -0.4 is 0 Å². The van der Waals surface area contributed by atoms with E-state index in [1.165, 1.54) is 0 Å². The maximum absolute atomic E-state index is 5.33. The summed E-state index contributed by atoms with van der Waals surface area (Å²) in [4.78, 5) is 2.32. The molecule has 0 bridgehead atoms. The predicted molar refractivity (Wildman–Crippen MR) is 46.4 cm³/mol. The van der Waals surface area contributed by atoms with Crippen LogP contribution in [0, 0.1) is 0 Å². The predicted octanol–water partition coefficient (Wildman–Crippen LogP) is 1.63. The second-order valence-electron chi connectivity index (χ2n) is 3.43. The van der Waals surface area contributed by atoms with Gasteiger partial charge in [0.05, 0.1) is 13.2 Å². The minimum atomic E-state index is 0.483. The summed E-state index contributed by atoms with van der Waals surface area (Å²) < 4.78 is 5.33. The second-order valence-corrected chi connectivity index (χ2v) is 3.43. The smallest absolute Gasteiger partial charge is 0.0859 e. The lowest BCUT2D eigenvalue weighted by Crippen LogP contribution is -2.45. The average Bonchev–Trinajstić information content (AvgIpc) is 1.85. The standard InChI is InChI=1S/C9H17NO/c1-7(2)10-8(3)5-11-6-9(10)4/h7,9H,3,5-6H2,1-2,4H3/t9-/m0/s1. The number of nitrogens with zero attached hydrogens (tertiary/aromatic N) is 1. The zero-order valence-corrected chi connectivity index (χ0v) is 7.63. The van der Waals surface area contributed by atoms with Crippen LogP contribution in [0.2, 0.25) is 0 Å². The van der Waals surface area contributed by atoms with Gasteiger partial charge in [0.15, 0.2) is 0 Å². The molecule has 0 saturated carbocycles. The molecule has 1 aliphatic rings. The van der Waals surface area contributed by atoms with Crippen molar-refractivity contribution in [3.63, 3.8) is 0 Å². The maximum atomic E-state index is 5.33. The third-order valence-corrected chi connectivity index (χ3v) is 2.02. The number of hydrogen-bond acceptors (Lipinski definition) is 2. The molecule has 0 amide bonds. The molecular formula is C9H17NO. The fourth-order valence-corrected chi connectivity index (χ4v) is 1.69. The van der Waals surface area contributed by atoms with Gasteiger partial charge in [0, 0.05) is 17.8 Å². The van der Waals surface area contributed by atoms with Gasteiger partial charge in [-0.15, -0.1) is 0 Å². The van der Waals surface area contributed by atoms with Crippen molar-refractivity contribution in [3.05, 3.63) is 12.3 Å². The first-order valence-corrected chi connectivity index (χ1v) is 4.16. The van der Waals surface area contributed by atoms with Crippen LogP contribution in [0.5, 0.6) is 0 Å². The van der Waals surface area contributed by atoms with Crippen LogP contribution >= 0.6 is 0 Å². The first-order valence-electron chi connectivity index (χ1n) is 4.16. The van der Waals surface area contributed by atoms with E-state index in [1.807, 2.05) is 0 Å². The summed E-state index contributed by atoms with van der Waals surface area (Å²) >= 11 is 0. The molecular weight excluding hydrogens is 138 g/mol. The molecule has 2 nitrogen and oxygen atoms in total. The lowest BCUT2D eigenvalue weighted by Gasteiger charge is -2.39. The van der Waals surface area contributed by atoms with Crippen molar-refractivity contribution in [2.24, 2.45) is 0 Å². The third kappa shape index (κ3) is 1.74. The van der Waals surface area contributed by atoms with Gasteiger partial charge in [0.2, 0.25) is 0 Å². The highest BCUT2D eigenvalue weighted by Gasteiger charge is 2.22. The number of morpholine rings is 1. The largest absolute Gasteiger partial charge is 0.373 e. The van der Waals surface area contributed by atoms with Crippen LogP contribution in [0.4, 0.5) is 0 Å². The molecule has 64 valence electrons. The molecule has 1 saturated heterocycles. The van der Waals surface area contributed by atoms with Crippen LogP contribution in [0.25, 0.3) is 0 Å². The Balaban J connectivity index is 2.63. The van der Waals surface area contributed by atoms with E-state index in [2.05, 4.69) is 32.3 Å². The van der Waals surface area contributed by atoms with Crippen LogP contribution in [0.3, 0.4) is 0 Å². The second kappa shape index (κ2) is 3.26. The molecule has 0 spiro atoms. The van der Waals surface area contributed by atoms with Gasteiger partial charge in [0.1, 0.15) is 0 Å². The Hall–Kier alpha value is -0.500. The lowest BCUT2D eigenvalue weighted by atomic mass is 10.2. The summed E-state index contributed by atoms with van der Waals surface area (Å²) in [5, 5.41) is 0. The van der Waals surface area contributed by atoms with Crippen molar-refractivity contribution >= 4 is 0 Å². The molecule has 0 radical (unpaired) electrons. The van der Waals surface area contributed by atoms with E-state index < -0.39 is 0 Å². The highest BCUT2D eigenvalue weighted by atomic mass is 16.5. The Labute approximate surface area is 68.8 Å². The van der Waals surface area contributed by atoms with E-state index in [4.69, 9.17) is 4.74 Å². The fourth-order valence-electron chi connectivity index (χ4n) is 1.69. The molecule has 1 aliphatic heterocycles. The number of hydrogen-bond donors (Lipinski definition) is 0. The van der Waals surface area contributed by atoms with Gasteiger partial charge in [-0.3, -0.25) is 0 Å². The molecule has 11 heavy (non-hydrogen) atoms. The molecule has 1 fully saturated rings. The first kappa shape index (κ1) is 8.60. The summed E-state index contributed by atoms with van der Waals surface area (Å²) in [7, 11) is 0. The maximum Gasteiger partial charge on any atom is 0.0859 e. The average molecular weight is 155 g/mol. The number of rotatable bonds is 1. The highest BCUT2D eigenvalue weighted by molar-refractivity contribution is 5.00. The van der Waals surface area contributed by atoms with Crippen LogP contribution in [-0.2, 0) is 4.74 Å². The molecule has 0 N–H and O–H groups in total. The Bertz CT molecular complexity index is 154. The molecule has 1 heterocycles. The molecule has 0 aromatic carbocycles. The first-order chi connectivity index (χ1) is 5.13. The SMILES string of the molecule is C=C1COC[C@H](C)N1C(C)C. The third-order valence-electron chi connectivity index (χ3n) is 2.02. The Morgan fingerprint density at radius 2 is 2.27 bits per heavy atom. The lowest BCUT2D eigenvalue weighted by molar-refractivity contribution is 0.0216. The van der Waals surface area contributed by atoms with E-state index in [1.54, 1.807) is 0 Å². The molecule has 1 rings (SSSR count). The normalized spacial score (nSPS) is 26.4. The minimum Gasteiger partial charge on any atom is -0.373 e. The van der Waals surface area contributed by atoms with E-state index in [9.17, 15) is 0 Å². The van der Waals surface area contributed by atoms with Gasteiger partial charge in [-0.25, -0.2) is 0 Å². The van der Waals surface area contributed by atoms with Gasteiger partial charge in [-0.1, -0.05) is 6.58 Å². The summed E-state index contributed by atoms with van der Waals surface area (Å²) in [5.41, 5.74) is 1.11. The zero-order chi connectivity index (χ0) is 8.43. The van der Waals surface area contributed by atoms with E-state index in [0.717, 1.165) is 12.3 Å². The van der Waals surface area contributed by atoms with Gasteiger partial charge >= 0.3 is 0 Å². The van der Waals surface area contributed by atoms with E-state index >= 15 is 0 Å².